The Labute approximate surface area is 216 Å². The Morgan fingerprint density at radius 1 is 0.892 bits per heavy atom. The van der Waals surface area contributed by atoms with Gasteiger partial charge in [0.2, 0.25) is 5.91 Å². The van der Waals surface area contributed by atoms with Crippen molar-refractivity contribution in [2.75, 3.05) is 24.9 Å². The summed E-state index contributed by atoms with van der Waals surface area (Å²) in [7, 11) is 3.19. The van der Waals surface area contributed by atoms with Crippen molar-refractivity contribution >= 4 is 23.2 Å². The van der Waals surface area contributed by atoms with Gasteiger partial charge in [0, 0.05) is 24.8 Å². The van der Waals surface area contributed by atoms with Crippen LogP contribution in [-0.2, 0) is 17.8 Å². The fraction of sp³-hybridized carbons (Fsp3) is 0.207. The first-order valence-electron chi connectivity index (χ1n) is 11.9. The third-order valence-electron chi connectivity index (χ3n) is 5.87. The SMILES string of the molecule is COc1ccc(CCC(=O)Nc2ccc(Cn3cnc(C(=O)Nc4cc(C)ccc4OC)c3)cc2)cc1. The zero-order valence-corrected chi connectivity index (χ0v) is 21.2. The summed E-state index contributed by atoms with van der Waals surface area (Å²) in [5.74, 6) is 1.03. The van der Waals surface area contributed by atoms with E-state index in [0.717, 1.165) is 28.1 Å². The normalized spacial score (nSPS) is 10.6. The predicted molar refractivity (Wildman–Crippen MR) is 143 cm³/mol. The first-order valence-corrected chi connectivity index (χ1v) is 11.9. The third-order valence-corrected chi connectivity index (χ3v) is 5.87. The zero-order chi connectivity index (χ0) is 26.2. The molecule has 0 atom stereocenters. The molecule has 0 aliphatic heterocycles. The van der Waals surface area contributed by atoms with Crippen LogP contribution in [0.5, 0.6) is 11.5 Å². The molecule has 37 heavy (non-hydrogen) atoms. The summed E-state index contributed by atoms with van der Waals surface area (Å²) in [6.07, 6.45) is 4.37. The highest BCUT2D eigenvalue weighted by molar-refractivity contribution is 6.03. The van der Waals surface area contributed by atoms with Gasteiger partial charge in [0.25, 0.3) is 5.91 Å². The molecule has 0 bridgehead atoms. The summed E-state index contributed by atoms with van der Waals surface area (Å²) >= 11 is 0. The summed E-state index contributed by atoms with van der Waals surface area (Å²) in [5, 5.41) is 5.80. The Morgan fingerprint density at radius 3 is 2.32 bits per heavy atom. The third kappa shape index (κ3) is 6.98. The first-order chi connectivity index (χ1) is 17.9. The van der Waals surface area contributed by atoms with Crippen LogP contribution in [0.3, 0.4) is 0 Å². The average molecular weight is 499 g/mol. The number of ether oxygens (including phenoxy) is 2. The lowest BCUT2D eigenvalue weighted by molar-refractivity contribution is -0.116. The minimum atomic E-state index is -0.310. The highest BCUT2D eigenvalue weighted by Gasteiger charge is 2.13. The Hall–Kier alpha value is -4.59. The average Bonchev–Trinajstić information content (AvgIpc) is 3.38. The maximum atomic E-state index is 12.7. The minimum absolute atomic E-state index is 0.0425. The molecule has 0 radical (unpaired) electrons. The molecule has 0 saturated heterocycles. The summed E-state index contributed by atoms with van der Waals surface area (Å²) in [5.41, 5.74) is 4.76. The molecule has 0 saturated carbocycles. The van der Waals surface area contributed by atoms with Crippen molar-refractivity contribution in [3.05, 3.63) is 102 Å². The topological polar surface area (TPSA) is 94.5 Å². The van der Waals surface area contributed by atoms with Crippen LogP contribution in [0.25, 0.3) is 0 Å². The molecule has 2 amide bonds. The van der Waals surface area contributed by atoms with Crippen molar-refractivity contribution < 1.29 is 19.1 Å². The zero-order valence-electron chi connectivity index (χ0n) is 21.2. The van der Waals surface area contributed by atoms with Crippen LogP contribution in [0.1, 0.15) is 33.6 Å². The van der Waals surface area contributed by atoms with Crippen LogP contribution in [0.15, 0.2) is 79.3 Å². The monoisotopic (exact) mass is 498 g/mol. The van der Waals surface area contributed by atoms with E-state index in [4.69, 9.17) is 9.47 Å². The number of aromatic nitrogens is 2. The molecule has 2 N–H and O–H groups in total. The van der Waals surface area contributed by atoms with E-state index in [1.165, 1.54) is 0 Å². The lowest BCUT2D eigenvalue weighted by Gasteiger charge is -2.10. The van der Waals surface area contributed by atoms with E-state index in [-0.39, 0.29) is 11.8 Å². The quantitative estimate of drug-likeness (QED) is 0.318. The molecule has 8 heteroatoms. The second-order valence-electron chi connectivity index (χ2n) is 8.68. The molecule has 1 aromatic heterocycles. The van der Waals surface area contributed by atoms with Crippen LogP contribution in [-0.4, -0.2) is 35.6 Å². The summed E-state index contributed by atoms with van der Waals surface area (Å²) < 4.78 is 12.3. The number of hydrogen-bond donors (Lipinski definition) is 2. The van der Waals surface area contributed by atoms with E-state index in [1.54, 1.807) is 26.7 Å². The Balaban J connectivity index is 1.29. The van der Waals surface area contributed by atoms with Crippen molar-refractivity contribution in [3.8, 4) is 11.5 Å². The maximum absolute atomic E-state index is 12.7. The van der Waals surface area contributed by atoms with E-state index in [1.807, 2.05) is 78.2 Å². The summed E-state index contributed by atoms with van der Waals surface area (Å²) in [4.78, 5) is 29.3. The minimum Gasteiger partial charge on any atom is -0.497 e. The number of amides is 2. The lowest BCUT2D eigenvalue weighted by Crippen LogP contribution is -2.13. The molecular formula is C29H30N4O4. The number of hydrogen-bond acceptors (Lipinski definition) is 5. The fourth-order valence-corrected chi connectivity index (χ4v) is 3.85. The molecule has 0 aliphatic rings. The number of benzene rings is 3. The molecule has 8 nitrogen and oxygen atoms in total. The highest BCUT2D eigenvalue weighted by Crippen LogP contribution is 2.25. The van der Waals surface area contributed by atoms with E-state index >= 15 is 0 Å². The number of carbonyl (C=O) groups excluding carboxylic acids is 2. The number of methoxy groups -OCH3 is 2. The smallest absolute Gasteiger partial charge is 0.275 e. The number of aryl methyl sites for hydroxylation is 2. The molecule has 4 aromatic rings. The number of rotatable bonds is 10. The van der Waals surface area contributed by atoms with Crippen molar-refractivity contribution in [3.63, 3.8) is 0 Å². The highest BCUT2D eigenvalue weighted by atomic mass is 16.5. The lowest BCUT2D eigenvalue weighted by atomic mass is 10.1. The number of imidazole rings is 1. The van der Waals surface area contributed by atoms with Gasteiger partial charge in [-0.3, -0.25) is 9.59 Å². The van der Waals surface area contributed by atoms with Crippen LogP contribution >= 0.6 is 0 Å². The molecule has 0 unspecified atom stereocenters. The first kappa shape index (κ1) is 25.5. The van der Waals surface area contributed by atoms with Crippen LogP contribution in [0, 0.1) is 6.92 Å². The van der Waals surface area contributed by atoms with Gasteiger partial charge in [0.15, 0.2) is 0 Å². The molecule has 0 fully saturated rings. The van der Waals surface area contributed by atoms with Gasteiger partial charge < -0.3 is 24.7 Å². The van der Waals surface area contributed by atoms with Crippen molar-refractivity contribution in [1.82, 2.24) is 9.55 Å². The fourth-order valence-electron chi connectivity index (χ4n) is 3.85. The summed E-state index contributed by atoms with van der Waals surface area (Å²) in [6, 6.07) is 20.9. The number of anilines is 2. The van der Waals surface area contributed by atoms with Crippen LogP contribution < -0.4 is 20.1 Å². The van der Waals surface area contributed by atoms with Crippen LogP contribution in [0.2, 0.25) is 0 Å². The molecule has 0 aliphatic carbocycles. The van der Waals surface area contributed by atoms with Gasteiger partial charge in [-0.2, -0.15) is 0 Å². The molecular weight excluding hydrogens is 468 g/mol. The van der Waals surface area contributed by atoms with Gasteiger partial charge in [-0.25, -0.2) is 4.98 Å². The Morgan fingerprint density at radius 2 is 1.62 bits per heavy atom. The molecule has 190 valence electrons. The van der Waals surface area contributed by atoms with E-state index in [0.29, 0.717) is 36.5 Å². The Bertz CT molecular complexity index is 1360. The predicted octanol–water partition coefficient (Wildman–Crippen LogP) is 5.08. The van der Waals surface area contributed by atoms with Gasteiger partial charge in [-0.1, -0.05) is 30.3 Å². The summed E-state index contributed by atoms with van der Waals surface area (Å²) in [6.45, 7) is 2.49. The largest absolute Gasteiger partial charge is 0.497 e. The molecule has 3 aromatic carbocycles. The van der Waals surface area contributed by atoms with Crippen LogP contribution in [0.4, 0.5) is 11.4 Å². The number of nitrogens with zero attached hydrogens (tertiary/aromatic N) is 2. The van der Waals surface area contributed by atoms with Crippen molar-refractivity contribution in [2.24, 2.45) is 0 Å². The van der Waals surface area contributed by atoms with Gasteiger partial charge in [-0.15, -0.1) is 0 Å². The van der Waals surface area contributed by atoms with E-state index in [9.17, 15) is 9.59 Å². The van der Waals surface area contributed by atoms with Gasteiger partial charge in [0.05, 0.1) is 26.2 Å². The maximum Gasteiger partial charge on any atom is 0.275 e. The van der Waals surface area contributed by atoms with Crippen molar-refractivity contribution in [1.29, 1.82) is 0 Å². The van der Waals surface area contributed by atoms with Crippen molar-refractivity contribution in [2.45, 2.75) is 26.3 Å². The van der Waals surface area contributed by atoms with Gasteiger partial charge in [0.1, 0.15) is 17.2 Å². The van der Waals surface area contributed by atoms with E-state index < -0.39 is 0 Å². The standard InChI is InChI=1S/C29H30N4O4/c1-20-4-14-27(37-3)25(16-20)32-29(35)26-18-33(19-30-26)17-22-5-10-23(11-6-22)31-28(34)15-9-21-7-12-24(36-2)13-8-21/h4-8,10-14,16,18-19H,9,15,17H2,1-3H3,(H,31,34)(H,32,35). The molecule has 4 rings (SSSR count). The molecule has 0 spiro atoms. The van der Waals surface area contributed by atoms with Gasteiger partial charge in [-0.05, 0) is 66.4 Å². The molecule has 1 heterocycles. The number of carbonyl (C=O) groups is 2. The van der Waals surface area contributed by atoms with Gasteiger partial charge >= 0.3 is 0 Å². The number of nitrogens with one attached hydrogen (secondary N) is 2. The second-order valence-corrected chi connectivity index (χ2v) is 8.68. The second kappa shape index (κ2) is 11.9. The van der Waals surface area contributed by atoms with E-state index in [2.05, 4.69) is 15.6 Å². The Kier molecular flexibility index (Phi) is 8.20.